The number of rotatable bonds is 6. The molecule has 3 nitrogen and oxygen atoms in total. The molecule has 0 aromatic carbocycles. The Morgan fingerprint density at radius 2 is 2.20 bits per heavy atom. The third-order valence-corrected chi connectivity index (χ3v) is 3.62. The monoisotopic (exact) mass is 229 g/mol. The molecular weight excluding hydrogens is 210 g/mol. The van der Waals surface area contributed by atoms with Gasteiger partial charge >= 0.3 is 0 Å². The van der Waals surface area contributed by atoms with Gasteiger partial charge in [-0.2, -0.15) is 0 Å². The lowest BCUT2D eigenvalue weighted by Gasteiger charge is -2.18. The van der Waals surface area contributed by atoms with E-state index >= 15 is 0 Å². The molecule has 2 unspecified atom stereocenters. The highest BCUT2D eigenvalue weighted by molar-refractivity contribution is 7.13. The summed E-state index contributed by atoms with van der Waals surface area (Å²) in [5.41, 5.74) is 0. The quantitative estimate of drug-likeness (QED) is 0.782. The van der Waals surface area contributed by atoms with Crippen LogP contribution in [0.1, 0.15) is 18.7 Å². The summed E-state index contributed by atoms with van der Waals surface area (Å²) >= 11 is 1.65. The summed E-state index contributed by atoms with van der Waals surface area (Å²) in [7, 11) is 1.68. The largest absolute Gasteiger partial charge is 0.487 e. The summed E-state index contributed by atoms with van der Waals surface area (Å²) in [5, 5.41) is 13.3. The van der Waals surface area contributed by atoms with Gasteiger partial charge in [-0.1, -0.05) is 6.92 Å². The first-order valence-corrected chi connectivity index (χ1v) is 5.96. The van der Waals surface area contributed by atoms with Crippen LogP contribution >= 0.6 is 11.3 Å². The Morgan fingerprint density at radius 1 is 1.47 bits per heavy atom. The maximum atomic E-state index is 8.99. The van der Waals surface area contributed by atoms with Crippen molar-refractivity contribution in [3.05, 3.63) is 17.0 Å². The van der Waals surface area contributed by atoms with Gasteiger partial charge in [0.15, 0.2) is 5.06 Å². The minimum absolute atomic E-state index is 0.224. The van der Waals surface area contributed by atoms with Gasteiger partial charge in [0.2, 0.25) is 0 Å². The first-order chi connectivity index (χ1) is 7.17. The van der Waals surface area contributed by atoms with E-state index in [4.69, 9.17) is 9.84 Å². The first-order valence-electron chi connectivity index (χ1n) is 5.14. The van der Waals surface area contributed by atoms with Crippen LogP contribution in [0.25, 0.3) is 0 Å². The first kappa shape index (κ1) is 12.5. The van der Waals surface area contributed by atoms with Crippen molar-refractivity contribution in [2.45, 2.75) is 26.4 Å². The Bertz CT molecular complexity index is 288. The van der Waals surface area contributed by atoms with Crippen molar-refractivity contribution in [3.8, 4) is 5.06 Å². The van der Waals surface area contributed by atoms with Gasteiger partial charge in [-0.05, 0) is 25.0 Å². The highest BCUT2D eigenvalue weighted by Crippen LogP contribution is 2.23. The van der Waals surface area contributed by atoms with Crippen LogP contribution < -0.4 is 10.1 Å². The van der Waals surface area contributed by atoms with Crippen molar-refractivity contribution in [3.63, 3.8) is 0 Å². The standard InChI is InChI=1S/C11H19NO2S/c1-8(7-13)9(2)12-6-10-4-5-11(14-3)15-10/h4-5,8-9,12-13H,6-7H2,1-3H3. The molecule has 1 rings (SSSR count). The number of aliphatic hydroxyl groups excluding tert-OH is 1. The van der Waals surface area contributed by atoms with Gasteiger partial charge in [0.25, 0.3) is 0 Å². The fraction of sp³-hybridized carbons (Fsp3) is 0.636. The second kappa shape index (κ2) is 6.10. The van der Waals surface area contributed by atoms with E-state index in [1.54, 1.807) is 18.4 Å². The predicted molar refractivity (Wildman–Crippen MR) is 63.4 cm³/mol. The topological polar surface area (TPSA) is 41.5 Å². The van der Waals surface area contributed by atoms with Crippen molar-refractivity contribution < 1.29 is 9.84 Å². The van der Waals surface area contributed by atoms with Crippen LogP contribution in [0.2, 0.25) is 0 Å². The van der Waals surface area contributed by atoms with Crippen LogP contribution in [0.5, 0.6) is 5.06 Å². The SMILES string of the molecule is COc1ccc(CNC(C)C(C)CO)s1. The highest BCUT2D eigenvalue weighted by Gasteiger charge is 2.10. The smallest absolute Gasteiger partial charge is 0.173 e. The van der Waals surface area contributed by atoms with E-state index in [9.17, 15) is 0 Å². The molecular formula is C11H19NO2S. The van der Waals surface area contributed by atoms with Crippen LogP contribution in [0.15, 0.2) is 12.1 Å². The Morgan fingerprint density at radius 3 is 2.73 bits per heavy atom. The van der Waals surface area contributed by atoms with Crippen LogP contribution in [0.4, 0.5) is 0 Å². The fourth-order valence-electron chi connectivity index (χ4n) is 1.18. The zero-order valence-corrected chi connectivity index (χ0v) is 10.3. The van der Waals surface area contributed by atoms with E-state index in [0.717, 1.165) is 11.6 Å². The van der Waals surface area contributed by atoms with Crippen LogP contribution in [-0.4, -0.2) is 24.9 Å². The molecule has 0 amide bonds. The van der Waals surface area contributed by atoms with E-state index in [-0.39, 0.29) is 12.5 Å². The van der Waals surface area contributed by atoms with Crippen molar-refractivity contribution >= 4 is 11.3 Å². The molecule has 86 valence electrons. The molecule has 0 spiro atoms. The maximum absolute atomic E-state index is 8.99. The minimum atomic E-state index is 0.224. The third-order valence-electron chi connectivity index (χ3n) is 2.58. The summed E-state index contributed by atoms with van der Waals surface area (Å²) < 4.78 is 5.12. The molecule has 4 heteroatoms. The van der Waals surface area contributed by atoms with Gasteiger partial charge in [0.05, 0.1) is 7.11 Å². The predicted octanol–water partition coefficient (Wildman–Crippen LogP) is 1.86. The van der Waals surface area contributed by atoms with Crippen LogP contribution in [-0.2, 0) is 6.54 Å². The normalized spacial score (nSPS) is 14.9. The Hall–Kier alpha value is -0.580. The summed E-state index contributed by atoms with van der Waals surface area (Å²) in [4.78, 5) is 1.25. The molecule has 0 bridgehead atoms. The number of hydrogen-bond acceptors (Lipinski definition) is 4. The maximum Gasteiger partial charge on any atom is 0.173 e. The van der Waals surface area contributed by atoms with Crippen LogP contribution in [0.3, 0.4) is 0 Å². The average molecular weight is 229 g/mol. The Labute approximate surface area is 95.1 Å². The lowest BCUT2D eigenvalue weighted by molar-refractivity contribution is 0.207. The second-order valence-electron chi connectivity index (χ2n) is 3.75. The molecule has 0 aliphatic rings. The molecule has 15 heavy (non-hydrogen) atoms. The van der Waals surface area contributed by atoms with Gasteiger partial charge in [0, 0.05) is 24.1 Å². The number of hydrogen-bond donors (Lipinski definition) is 2. The molecule has 1 aromatic rings. The third kappa shape index (κ3) is 3.81. The molecule has 0 fully saturated rings. The van der Waals surface area contributed by atoms with Gasteiger partial charge in [-0.3, -0.25) is 0 Å². The van der Waals surface area contributed by atoms with Crippen molar-refractivity contribution in [1.29, 1.82) is 0 Å². The van der Waals surface area contributed by atoms with Gasteiger partial charge in [0.1, 0.15) is 0 Å². The van der Waals surface area contributed by atoms with Crippen molar-refractivity contribution in [2.24, 2.45) is 5.92 Å². The number of aliphatic hydroxyl groups is 1. The molecule has 0 saturated heterocycles. The molecule has 1 heterocycles. The molecule has 0 aliphatic carbocycles. The zero-order valence-electron chi connectivity index (χ0n) is 9.49. The number of methoxy groups -OCH3 is 1. The molecule has 0 saturated carbocycles. The van der Waals surface area contributed by atoms with Crippen LogP contribution in [0, 0.1) is 5.92 Å². The summed E-state index contributed by atoms with van der Waals surface area (Å²) in [6.07, 6.45) is 0. The number of nitrogens with one attached hydrogen (secondary N) is 1. The molecule has 2 atom stereocenters. The summed E-state index contributed by atoms with van der Waals surface area (Å²) in [5.74, 6) is 0.284. The van der Waals surface area contributed by atoms with Crippen molar-refractivity contribution in [2.75, 3.05) is 13.7 Å². The lowest BCUT2D eigenvalue weighted by Crippen LogP contribution is -2.33. The minimum Gasteiger partial charge on any atom is -0.487 e. The Balaban J connectivity index is 2.36. The second-order valence-corrected chi connectivity index (χ2v) is 4.89. The molecule has 0 aliphatic heterocycles. The lowest BCUT2D eigenvalue weighted by atomic mass is 10.1. The number of thiophene rings is 1. The average Bonchev–Trinajstić information content (AvgIpc) is 2.72. The molecule has 1 aromatic heterocycles. The fourth-order valence-corrected chi connectivity index (χ4v) is 1.95. The van der Waals surface area contributed by atoms with E-state index < -0.39 is 0 Å². The van der Waals surface area contributed by atoms with Gasteiger partial charge < -0.3 is 15.2 Å². The van der Waals surface area contributed by atoms with Gasteiger partial charge in [-0.25, -0.2) is 0 Å². The zero-order chi connectivity index (χ0) is 11.3. The summed E-state index contributed by atoms with van der Waals surface area (Å²) in [6, 6.07) is 4.36. The molecule has 2 N–H and O–H groups in total. The molecule has 0 radical (unpaired) electrons. The highest BCUT2D eigenvalue weighted by atomic mass is 32.1. The van der Waals surface area contributed by atoms with E-state index in [1.807, 2.05) is 13.0 Å². The van der Waals surface area contributed by atoms with Crippen molar-refractivity contribution in [1.82, 2.24) is 5.32 Å². The van der Waals surface area contributed by atoms with Gasteiger partial charge in [-0.15, -0.1) is 11.3 Å². The number of ether oxygens (including phenoxy) is 1. The summed E-state index contributed by atoms with van der Waals surface area (Å²) in [6.45, 7) is 5.18. The van der Waals surface area contributed by atoms with E-state index in [0.29, 0.717) is 6.04 Å². The Kier molecular flexibility index (Phi) is 5.08. The van der Waals surface area contributed by atoms with E-state index in [2.05, 4.69) is 18.3 Å². The van der Waals surface area contributed by atoms with E-state index in [1.165, 1.54) is 4.88 Å².